The summed E-state index contributed by atoms with van der Waals surface area (Å²) in [4.78, 5) is 14.0. The minimum atomic E-state index is 0.134. The number of rotatable bonds is 2. The number of hydrogen-bond donors (Lipinski definition) is 0. The van der Waals surface area contributed by atoms with Crippen molar-refractivity contribution in [1.82, 2.24) is 0 Å². The van der Waals surface area contributed by atoms with E-state index in [1.807, 2.05) is 47.4 Å². The fourth-order valence-electron chi connectivity index (χ4n) is 2.60. The summed E-state index contributed by atoms with van der Waals surface area (Å²) in [7, 11) is 0. The molecule has 0 bridgehead atoms. The Kier molecular flexibility index (Phi) is 3.26. The van der Waals surface area contributed by atoms with Gasteiger partial charge in [-0.05, 0) is 36.2 Å². The standard InChI is InChI=1S/C16H14ClNO/c17-13-6-8-14(9-7-13)18-15(10-11-16(18)19)12-4-2-1-3-5-12/h1-9,15H,10-11H2. The van der Waals surface area contributed by atoms with Crippen LogP contribution in [0.4, 0.5) is 5.69 Å². The van der Waals surface area contributed by atoms with Gasteiger partial charge in [-0.15, -0.1) is 0 Å². The number of amides is 1. The molecular weight excluding hydrogens is 258 g/mol. The molecule has 1 unspecified atom stereocenters. The van der Waals surface area contributed by atoms with Crippen LogP contribution in [0.2, 0.25) is 5.02 Å². The zero-order valence-electron chi connectivity index (χ0n) is 10.4. The summed E-state index contributed by atoms with van der Waals surface area (Å²) in [5, 5.41) is 0.687. The van der Waals surface area contributed by atoms with Gasteiger partial charge in [0.25, 0.3) is 0 Å². The van der Waals surface area contributed by atoms with Crippen LogP contribution in [0.5, 0.6) is 0 Å². The molecule has 2 nitrogen and oxygen atoms in total. The molecule has 3 heteroatoms. The average molecular weight is 272 g/mol. The van der Waals surface area contributed by atoms with Crippen LogP contribution in [-0.4, -0.2) is 5.91 Å². The Morgan fingerprint density at radius 2 is 1.68 bits per heavy atom. The Hall–Kier alpha value is -1.80. The molecule has 1 heterocycles. The van der Waals surface area contributed by atoms with Crippen LogP contribution < -0.4 is 4.90 Å². The van der Waals surface area contributed by atoms with Gasteiger partial charge in [0.1, 0.15) is 0 Å². The second-order valence-electron chi connectivity index (χ2n) is 4.71. The summed E-state index contributed by atoms with van der Waals surface area (Å²) in [5.41, 5.74) is 2.10. The Balaban J connectivity index is 1.97. The summed E-state index contributed by atoms with van der Waals surface area (Å²) in [5.74, 6) is 0.177. The highest BCUT2D eigenvalue weighted by atomic mass is 35.5. The zero-order chi connectivity index (χ0) is 13.2. The first-order chi connectivity index (χ1) is 9.25. The molecule has 0 saturated carbocycles. The third-order valence-electron chi connectivity index (χ3n) is 3.50. The van der Waals surface area contributed by atoms with Gasteiger partial charge in [-0.1, -0.05) is 41.9 Å². The van der Waals surface area contributed by atoms with Gasteiger partial charge in [0.15, 0.2) is 0 Å². The van der Waals surface area contributed by atoms with E-state index in [0.29, 0.717) is 11.4 Å². The molecule has 0 radical (unpaired) electrons. The average Bonchev–Trinajstić information content (AvgIpc) is 2.83. The van der Waals surface area contributed by atoms with Gasteiger partial charge in [0.2, 0.25) is 5.91 Å². The van der Waals surface area contributed by atoms with Crippen LogP contribution in [0.3, 0.4) is 0 Å². The number of nitrogens with zero attached hydrogens (tertiary/aromatic N) is 1. The van der Waals surface area contributed by atoms with E-state index in [2.05, 4.69) is 12.1 Å². The number of anilines is 1. The lowest BCUT2D eigenvalue weighted by atomic mass is 10.0. The summed E-state index contributed by atoms with van der Waals surface area (Å²) >= 11 is 5.90. The first-order valence-electron chi connectivity index (χ1n) is 6.38. The predicted molar refractivity (Wildman–Crippen MR) is 77.4 cm³/mol. The van der Waals surface area contributed by atoms with E-state index in [0.717, 1.165) is 12.1 Å². The lowest BCUT2D eigenvalue weighted by molar-refractivity contribution is -0.117. The van der Waals surface area contributed by atoms with Crippen molar-refractivity contribution in [1.29, 1.82) is 0 Å². The Labute approximate surface area is 117 Å². The normalized spacial score (nSPS) is 18.9. The Morgan fingerprint density at radius 1 is 1.00 bits per heavy atom. The lowest BCUT2D eigenvalue weighted by Gasteiger charge is -2.25. The van der Waals surface area contributed by atoms with Crippen LogP contribution in [0.15, 0.2) is 54.6 Å². The fraction of sp³-hybridized carbons (Fsp3) is 0.188. The number of hydrogen-bond acceptors (Lipinski definition) is 1. The second kappa shape index (κ2) is 5.06. The molecule has 0 aliphatic carbocycles. The van der Waals surface area contributed by atoms with Gasteiger partial charge in [-0.2, -0.15) is 0 Å². The SMILES string of the molecule is O=C1CCC(c2ccccc2)N1c1ccc(Cl)cc1. The van der Waals surface area contributed by atoms with Crippen molar-refractivity contribution in [2.24, 2.45) is 0 Å². The smallest absolute Gasteiger partial charge is 0.227 e. The summed E-state index contributed by atoms with van der Waals surface area (Å²) in [6.45, 7) is 0. The van der Waals surface area contributed by atoms with Gasteiger partial charge in [-0.3, -0.25) is 4.79 Å². The molecule has 1 fully saturated rings. The molecule has 1 aliphatic rings. The van der Waals surface area contributed by atoms with E-state index >= 15 is 0 Å². The highest BCUT2D eigenvalue weighted by Gasteiger charge is 2.32. The van der Waals surface area contributed by atoms with Gasteiger partial charge < -0.3 is 4.90 Å². The van der Waals surface area contributed by atoms with Crippen molar-refractivity contribution in [2.75, 3.05) is 4.90 Å². The minimum absolute atomic E-state index is 0.134. The van der Waals surface area contributed by atoms with Crippen LogP contribution in [0.1, 0.15) is 24.4 Å². The van der Waals surface area contributed by atoms with Gasteiger partial charge >= 0.3 is 0 Å². The molecule has 1 atom stereocenters. The molecule has 1 aliphatic heterocycles. The van der Waals surface area contributed by atoms with E-state index in [1.54, 1.807) is 0 Å². The van der Waals surface area contributed by atoms with Crippen LogP contribution in [-0.2, 0) is 4.79 Å². The fourth-order valence-corrected chi connectivity index (χ4v) is 2.73. The molecule has 0 N–H and O–H groups in total. The van der Waals surface area contributed by atoms with Crippen molar-refractivity contribution < 1.29 is 4.79 Å². The van der Waals surface area contributed by atoms with Gasteiger partial charge in [0, 0.05) is 17.1 Å². The minimum Gasteiger partial charge on any atom is -0.305 e. The topological polar surface area (TPSA) is 20.3 Å². The molecule has 1 saturated heterocycles. The number of benzene rings is 2. The van der Waals surface area contributed by atoms with Crippen LogP contribution in [0, 0.1) is 0 Å². The molecule has 1 amide bonds. The Bertz CT molecular complexity index is 579. The van der Waals surface area contributed by atoms with E-state index in [4.69, 9.17) is 11.6 Å². The quantitative estimate of drug-likeness (QED) is 0.801. The molecular formula is C16H14ClNO. The maximum Gasteiger partial charge on any atom is 0.227 e. The molecule has 3 rings (SSSR count). The van der Waals surface area contributed by atoms with E-state index < -0.39 is 0 Å². The third-order valence-corrected chi connectivity index (χ3v) is 3.75. The summed E-state index contributed by atoms with van der Waals surface area (Å²) < 4.78 is 0. The molecule has 2 aromatic carbocycles. The maximum atomic E-state index is 12.1. The predicted octanol–water partition coefficient (Wildman–Crippen LogP) is 4.21. The molecule has 2 aromatic rings. The van der Waals surface area contributed by atoms with Gasteiger partial charge in [-0.25, -0.2) is 0 Å². The molecule has 0 aromatic heterocycles. The molecule has 19 heavy (non-hydrogen) atoms. The van der Waals surface area contributed by atoms with E-state index in [-0.39, 0.29) is 11.9 Å². The number of carbonyl (C=O) groups is 1. The first-order valence-corrected chi connectivity index (χ1v) is 6.76. The van der Waals surface area contributed by atoms with Crippen LogP contribution in [0.25, 0.3) is 0 Å². The molecule has 0 spiro atoms. The first kappa shape index (κ1) is 12.2. The van der Waals surface area contributed by atoms with E-state index in [1.165, 1.54) is 5.56 Å². The second-order valence-corrected chi connectivity index (χ2v) is 5.14. The van der Waals surface area contributed by atoms with Crippen molar-refractivity contribution in [3.05, 3.63) is 65.2 Å². The summed E-state index contributed by atoms with van der Waals surface area (Å²) in [6, 6.07) is 17.8. The number of carbonyl (C=O) groups excluding carboxylic acids is 1. The monoisotopic (exact) mass is 271 g/mol. The highest BCUT2D eigenvalue weighted by molar-refractivity contribution is 6.30. The number of halogens is 1. The largest absolute Gasteiger partial charge is 0.305 e. The van der Waals surface area contributed by atoms with Crippen molar-refractivity contribution >= 4 is 23.2 Å². The Morgan fingerprint density at radius 3 is 2.37 bits per heavy atom. The van der Waals surface area contributed by atoms with Crippen molar-refractivity contribution in [2.45, 2.75) is 18.9 Å². The lowest BCUT2D eigenvalue weighted by Crippen LogP contribution is -2.27. The van der Waals surface area contributed by atoms with Gasteiger partial charge in [0.05, 0.1) is 6.04 Å². The van der Waals surface area contributed by atoms with Crippen molar-refractivity contribution in [3.63, 3.8) is 0 Å². The molecule has 96 valence electrons. The summed E-state index contributed by atoms with van der Waals surface area (Å²) in [6.07, 6.45) is 1.47. The van der Waals surface area contributed by atoms with Crippen molar-refractivity contribution in [3.8, 4) is 0 Å². The maximum absolute atomic E-state index is 12.1. The van der Waals surface area contributed by atoms with Crippen LogP contribution >= 0.6 is 11.6 Å². The van der Waals surface area contributed by atoms with E-state index in [9.17, 15) is 4.79 Å². The zero-order valence-corrected chi connectivity index (χ0v) is 11.2. The highest BCUT2D eigenvalue weighted by Crippen LogP contribution is 2.37. The third kappa shape index (κ3) is 2.36.